The van der Waals surface area contributed by atoms with Gasteiger partial charge in [-0.25, -0.2) is 0 Å². The van der Waals surface area contributed by atoms with Gasteiger partial charge >= 0.3 is 0 Å². The highest BCUT2D eigenvalue weighted by Crippen LogP contribution is 2.52. The molecule has 3 aromatic rings. The summed E-state index contributed by atoms with van der Waals surface area (Å²) in [7, 11) is 0. The zero-order valence-electron chi connectivity index (χ0n) is 13.3. The number of carbonyl (C=O) groups excluding carboxylic acids is 1. The normalized spacial score (nSPS) is 15.5. The summed E-state index contributed by atoms with van der Waals surface area (Å²) in [4.78, 5) is 18.5. The number of carbonyl (C=O) groups is 1. The zero-order chi connectivity index (χ0) is 15.9. The lowest BCUT2D eigenvalue weighted by atomic mass is 9.93. The van der Waals surface area contributed by atoms with Gasteiger partial charge in [0.2, 0.25) is 5.91 Å². The first kappa shape index (κ1) is 14.1. The van der Waals surface area contributed by atoms with E-state index in [0.717, 1.165) is 29.6 Å². The summed E-state index contributed by atoms with van der Waals surface area (Å²) in [5.41, 5.74) is 2.87. The third kappa shape index (κ3) is 2.15. The molecule has 1 N–H and O–H groups in total. The van der Waals surface area contributed by atoms with Crippen molar-refractivity contribution in [2.75, 3.05) is 11.4 Å². The van der Waals surface area contributed by atoms with Gasteiger partial charge in [0, 0.05) is 29.3 Å². The van der Waals surface area contributed by atoms with E-state index in [4.69, 9.17) is 0 Å². The minimum Gasteiger partial charge on any atom is -0.361 e. The van der Waals surface area contributed by atoms with Gasteiger partial charge in [0.25, 0.3) is 0 Å². The van der Waals surface area contributed by atoms with Crippen LogP contribution < -0.4 is 4.90 Å². The van der Waals surface area contributed by atoms with E-state index in [1.165, 1.54) is 5.39 Å². The first-order valence-corrected chi connectivity index (χ1v) is 8.20. The van der Waals surface area contributed by atoms with Crippen LogP contribution in [0, 0.1) is 0 Å². The highest BCUT2D eigenvalue weighted by atomic mass is 16.2. The molecule has 0 spiro atoms. The third-order valence-electron chi connectivity index (χ3n) is 4.89. The summed E-state index contributed by atoms with van der Waals surface area (Å²) in [6.07, 6.45) is 3.88. The van der Waals surface area contributed by atoms with E-state index in [1.807, 2.05) is 60.5 Å². The average molecular weight is 304 g/mol. The molecule has 0 radical (unpaired) electrons. The van der Waals surface area contributed by atoms with Gasteiger partial charge < -0.3 is 9.88 Å². The van der Waals surface area contributed by atoms with Crippen LogP contribution in [-0.2, 0) is 10.2 Å². The maximum absolute atomic E-state index is 13.3. The number of hydrogen-bond acceptors (Lipinski definition) is 1. The van der Waals surface area contributed by atoms with E-state index in [9.17, 15) is 4.79 Å². The second-order valence-corrected chi connectivity index (χ2v) is 6.22. The van der Waals surface area contributed by atoms with Crippen LogP contribution in [0.2, 0.25) is 0 Å². The molecule has 1 aliphatic rings. The summed E-state index contributed by atoms with van der Waals surface area (Å²) in [6.45, 7) is 2.73. The Morgan fingerprint density at radius 3 is 2.48 bits per heavy atom. The molecule has 1 heterocycles. The zero-order valence-corrected chi connectivity index (χ0v) is 13.3. The van der Waals surface area contributed by atoms with Crippen LogP contribution in [0.25, 0.3) is 10.9 Å². The second-order valence-electron chi connectivity index (χ2n) is 6.22. The van der Waals surface area contributed by atoms with Gasteiger partial charge in [-0.2, -0.15) is 0 Å². The Bertz CT molecular complexity index is 846. The largest absolute Gasteiger partial charge is 0.361 e. The number of rotatable bonds is 4. The van der Waals surface area contributed by atoms with Crippen molar-refractivity contribution < 1.29 is 4.79 Å². The van der Waals surface area contributed by atoms with Crippen LogP contribution in [0.1, 0.15) is 25.3 Å². The van der Waals surface area contributed by atoms with Gasteiger partial charge in [-0.05, 0) is 43.5 Å². The molecule has 1 fully saturated rings. The topological polar surface area (TPSA) is 36.1 Å². The van der Waals surface area contributed by atoms with Crippen molar-refractivity contribution >= 4 is 22.5 Å². The number of aromatic nitrogens is 1. The second kappa shape index (κ2) is 5.27. The lowest BCUT2D eigenvalue weighted by Gasteiger charge is -2.26. The molecule has 0 aliphatic heterocycles. The van der Waals surface area contributed by atoms with E-state index in [0.29, 0.717) is 6.54 Å². The van der Waals surface area contributed by atoms with E-state index in [-0.39, 0.29) is 11.3 Å². The first-order chi connectivity index (χ1) is 11.3. The van der Waals surface area contributed by atoms with Gasteiger partial charge in [-0.15, -0.1) is 0 Å². The molecule has 0 atom stereocenters. The number of H-pyrrole nitrogens is 1. The number of benzene rings is 2. The molecule has 4 rings (SSSR count). The maximum atomic E-state index is 13.3. The average Bonchev–Trinajstić information content (AvgIpc) is 3.29. The summed E-state index contributed by atoms with van der Waals surface area (Å²) in [6, 6.07) is 18.2. The minimum atomic E-state index is -0.356. The lowest BCUT2D eigenvalue weighted by molar-refractivity contribution is -0.120. The molecule has 23 heavy (non-hydrogen) atoms. The van der Waals surface area contributed by atoms with Crippen LogP contribution in [-0.4, -0.2) is 17.4 Å². The fourth-order valence-corrected chi connectivity index (χ4v) is 3.50. The fourth-order valence-electron chi connectivity index (χ4n) is 3.50. The van der Waals surface area contributed by atoms with Gasteiger partial charge in [-0.3, -0.25) is 4.79 Å². The monoisotopic (exact) mass is 304 g/mol. The molecular weight excluding hydrogens is 284 g/mol. The highest BCUT2D eigenvalue weighted by Gasteiger charge is 2.54. The predicted molar refractivity (Wildman–Crippen MR) is 93.7 cm³/mol. The molecule has 0 bridgehead atoms. The van der Waals surface area contributed by atoms with Crippen molar-refractivity contribution in [3.05, 3.63) is 66.4 Å². The number of aromatic amines is 1. The van der Waals surface area contributed by atoms with Gasteiger partial charge in [-0.1, -0.05) is 36.4 Å². The van der Waals surface area contributed by atoms with Crippen LogP contribution >= 0.6 is 0 Å². The van der Waals surface area contributed by atoms with E-state index in [1.54, 1.807) is 0 Å². The lowest BCUT2D eigenvalue weighted by Crippen LogP contribution is -2.39. The van der Waals surface area contributed by atoms with E-state index in [2.05, 4.69) is 17.1 Å². The number of fused-ring (bicyclic) bond motifs is 1. The molecule has 1 saturated carbocycles. The quantitative estimate of drug-likeness (QED) is 0.768. The molecule has 3 heteroatoms. The maximum Gasteiger partial charge on any atom is 0.237 e. The van der Waals surface area contributed by atoms with Crippen molar-refractivity contribution in [1.82, 2.24) is 4.98 Å². The van der Waals surface area contributed by atoms with Crippen molar-refractivity contribution in [3.63, 3.8) is 0 Å². The highest BCUT2D eigenvalue weighted by molar-refractivity contribution is 6.06. The van der Waals surface area contributed by atoms with Crippen molar-refractivity contribution in [2.45, 2.75) is 25.2 Å². The Kier molecular flexibility index (Phi) is 3.22. The number of nitrogens with one attached hydrogen (secondary N) is 1. The van der Waals surface area contributed by atoms with E-state index < -0.39 is 0 Å². The van der Waals surface area contributed by atoms with Crippen LogP contribution in [0.4, 0.5) is 5.69 Å². The molecular formula is C20H20N2O. The minimum absolute atomic E-state index is 0.218. The van der Waals surface area contributed by atoms with Gasteiger partial charge in [0.05, 0.1) is 5.41 Å². The summed E-state index contributed by atoms with van der Waals surface area (Å²) in [5, 5.41) is 1.17. The Morgan fingerprint density at radius 2 is 1.78 bits per heavy atom. The van der Waals surface area contributed by atoms with Crippen molar-refractivity contribution in [3.8, 4) is 0 Å². The summed E-state index contributed by atoms with van der Waals surface area (Å²) >= 11 is 0. The Hall–Kier alpha value is -2.55. The molecule has 0 saturated heterocycles. The number of para-hydroxylation sites is 2. The number of amides is 1. The SMILES string of the molecule is CCN(C(=O)C1(c2c[nH]c3ccccc23)CC1)c1ccccc1. The Labute approximate surface area is 135 Å². The van der Waals surface area contributed by atoms with E-state index >= 15 is 0 Å². The molecule has 1 aliphatic carbocycles. The fraction of sp³-hybridized carbons (Fsp3) is 0.250. The number of likely N-dealkylation sites (N-methyl/N-ethyl adjacent to an activating group) is 1. The molecule has 116 valence electrons. The number of nitrogens with zero attached hydrogens (tertiary/aromatic N) is 1. The third-order valence-corrected chi connectivity index (χ3v) is 4.89. The smallest absolute Gasteiger partial charge is 0.237 e. The van der Waals surface area contributed by atoms with Crippen molar-refractivity contribution in [2.24, 2.45) is 0 Å². The molecule has 3 nitrogen and oxygen atoms in total. The van der Waals surface area contributed by atoms with Crippen LogP contribution in [0.15, 0.2) is 60.8 Å². The van der Waals surface area contributed by atoms with Gasteiger partial charge in [0.1, 0.15) is 0 Å². The first-order valence-electron chi connectivity index (χ1n) is 8.20. The van der Waals surface area contributed by atoms with Crippen LogP contribution in [0.3, 0.4) is 0 Å². The molecule has 2 aromatic carbocycles. The predicted octanol–water partition coefficient (Wildman–Crippen LogP) is 4.25. The summed E-state index contributed by atoms with van der Waals surface area (Å²) < 4.78 is 0. The molecule has 1 amide bonds. The van der Waals surface area contributed by atoms with Crippen molar-refractivity contribution in [1.29, 1.82) is 0 Å². The molecule has 1 aromatic heterocycles. The Morgan fingerprint density at radius 1 is 1.09 bits per heavy atom. The van der Waals surface area contributed by atoms with Gasteiger partial charge in [0.15, 0.2) is 0 Å². The Balaban J connectivity index is 1.75. The molecule has 0 unspecified atom stereocenters. The number of anilines is 1. The standard InChI is InChI=1S/C20H20N2O/c1-2-22(15-8-4-3-5-9-15)19(23)20(12-13-20)17-14-21-18-11-7-6-10-16(17)18/h3-11,14,21H,2,12-13H2,1H3. The summed E-state index contributed by atoms with van der Waals surface area (Å²) in [5.74, 6) is 0.218. The van der Waals surface area contributed by atoms with Crippen LogP contribution in [0.5, 0.6) is 0 Å². The number of hydrogen-bond donors (Lipinski definition) is 1.